The molecule has 5 atom stereocenters. The maximum absolute atomic E-state index is 8.17. The summed E-state index contributed by atoms with van der Waals surface area (Å²) in [6.45, 7) is 7.96. The van der Waals surface area contributed by atoms with Gasteiger partial charge in [0.2, 0.25) is 0 Å². The third-order valence-electron chi connectivity index (χ3n) is 4.77. The fourth-order valence-electron chi connectivity index (χ4n) is 2.26. The molecule has 0 spiro atoms. The van der Waals surface area contributed by atoms with Gasteiger partial charge in [-0.1, -0.05) is 0 Å². The predicted molar refractivity (Wildman–Crippen MR) is 111 cm³/mol. The number of aliphatic hydroxyl groups is 3. The van der Waals surface area contributed by atoms with Gasteiger partial charge in [0.25, 0.3) is 0 Å². The van der Waals surface area contributed by atoms with Gasteiger partial charge in [0.1, 0.15) is 42.7 Å². The van der Waals surface area contributed by atoms with Crippen LogP contribution in [0.5, 0.6) is 0 Å². The summed E-state index contributed by atoms with van der Waals surface area (Å²) in [6, 6.07) is 0. The molecular weight excluding hydrogens is 444 g/mol. The zero-order valence-electron chi connectivity index (χ0n) is 19.0. The minimum absolute atomic E-state index is 0.0355. The zero-order valence-corrected chi connectivity index (χ0v) is 19.0. The van der Waals surface area contributed by atoms with E-state index in [1.54, 1.807) is 0 Å². The second-order valence-electron chi connectivity index (χ2n) is 8.36. The molecule has 5 saturated heterocycles. The van der Waals surface area contributed by atoms with E-state index >= 15 is 0 Å². The quantitative estimate of drug-likeness (QED) is 0.191. The standard InChI is InChI=1S/C12H20O6.C6H10O3.C3H8O3/c1(13-3-10-5-16-10)9(15-7-12-8-18-12)2-14-4-11-6-17-11;1(5-3-8-5)7-2-6-4-9-6;4-1-3(6)2-5/h9-12H,1-8H2;5-6H,1-4H2;3-6H,1-2H2. The molecule has 0 radical (unpaired) electrons. The molecule has 5 unspecified atom stereocenters. The van der Waals surface area contributed by atoms with Crippen molar-refractivity contribution in [3.8, 4) is 0 Å². The average molecular weight is 483 g/mol. The molecule has 0 aromatic heterocycles. The lowest BCUT2D eigenvalue weighted by atomic mass is 10.4. The highest BCUT2D eigenvalue weighted by Gasteiger charge is 2.28. The summed E-state index contributed by atoms with van der Waals surface area (Å²) in [5.41, 5.74) is 0. The molecular formula is C21H38O12. The monoisotopic (exact) mass is 482 g/mol. The van der Waals surface area contributed by atoms with Gasteiger partial charge in [-0.3, -0.25) is 0 Å². The van der Waals surface area contributed by atoms with Gasteiger partial charge in [0.15, 0.2) is 0 Å². The third kappa shape index (κ3) is 15.9. The van der Waals surface area contributed by atoms with Crippen LogP contribution in [0.2, 0.25) is 0 Å². The molecule has 194 valence electrons. The first-order valence-electron chi connectivity index (χ1n) is 11.5. The van der Waals surface area contributed by atoms with Crippen LogP contribution < -0.4 is 0 Å². The van der Waals surface area contributed by atoms with E-state index in [1.165, 1.54) is 0 Å². The topological polar surface area (TPSA) is 160 Å². The highest BCUT2D eigenvalue weighted by Crippen LogP contribution is 2.14. The van der Waals surface area contributed by atoms with E-state index in [0.29, 0.717) is 45.2 Å². The SMILES string of the molecule is C(OCC1CO1)C(COCC1CO1)OCC1CO1.C(OCC1CO1)C1CO1.OCC(O)CO. The molecule has 3 N–H and O–H groups in total. The van der Waals surface area contributed by atoms with E-state index < -0.39 is 6.10 Å². The molecule has 5 heterocycles. The van der Waals surface area contributed by atoms with Crippen LogP contribution in [-0.4, -0.2) is 151 Å². The number of rotatable bonds is 17. The molecule has 0 aromatic rings. The summed E-state index contributed by atoms with van der Waals surface area (Å²) in [5, 5.41) is 24.0. The summed E-state index contributed by atoms with van der Waals surface area (Å²) < 4.78 is 47.2. The van der Waals surface area contributed by atoms with Gasteiger partial charge >= 0.3 is 0 Å². The van der Waals surface area contributed by atoms with Crippen LogP contribution in [0.1, 0.15) is 0 Å². The minimum Gasteiger partial charge on any atom is -0.394 e. The molecule has 0 saturated carbocycles. The van der Waals surface area contributed by atoms with Crippen molar-refractivity contribution in [2.24, 2.45) is 0 Å². The molecule has 12 nitrogen and oxygen atoms in total. The van der Waals surface area contributed by atoms with Crippen molar-refractivity contribution < 1.29 is 58.0 Å². The molecule has 0 bridgehead atoms. The molecule has 12 heteroatoms. The second kappa shape index (κ2) is 15.5. The second-order valence-corrected chi connectivity index (χ2v) is 8.36. The first-order chi connectivity index (χ1) is 16.2. The normalized spacial score (nSPS) is 31.1. The lowest BCUT2D eigenvalue weighted by Gasteiger charge is -2.17. The Hall–Kier alpha value is -0.480. The van der Waals surface area contributed by atoms with E-state index in [1.807, 2.05) is 0 Å². The van der Waals surface area contributed by atoms with Crippen molar-refractivity contribution in [2.75, 3.05) is 92.5 Å². The van der Waals surface area contributed by atoms with Crippen LogP contribution in [0.25, 0.3) is 0 Å². The van der Waals surface area contributed by atoms with Crippen LogP contribution in [0.15, 0.2) is 0 Å². The highest BCUT2D eigenvalue weighted by molar-refractivity contribution is 4.72. The van der Waals surface area contributed by atoms with Crippen LogP contribution in [0.3, 0.4) is 0 Å². The predicted octanol–water partition coefficient (Wildman–Crippen LogP) is -2.27. The number of aliphatic hydroxyl groups excluding tert-OH is 3. The number of hydrogen-bond donors (Lipinski definition) is 3. The van der Waals surface area contributed by atoms with Gasteiger partial charge in [-0.15, -0.1) is 0 Å². The average Bonchev–Trinajstić information content (AvgIpc) is 3.64. The minimum atomic E-state index is -0.954. The van der Waals surface area contributed by atoms with E-state index in [2.05, 4.69) is 0 Å². The summed E-state index contributed by atoms with van der Waals surface area (Å²) in [5.74, 6) is 0. The highest BCUT2D eigenvalue weighted by atomic mass is 16.6. The van der Waals surface area contributed by atoms with Gasteiger partial charge < -0.3 is 58.0 Å². The smallest absolute Gasteiger partial charge is 0.104 e. The molecule has 5 fully saturated rings. The van der Waals surface area contributed by atoms with Crippen molar-refractivity contribution in [1.29, 1.82) is 0 Å². The summed E-state index contributed by atoms with van der Waals surface area (Å²) in [4.78, 5) is 0. The van der Waals surface area contributed by atoms with Crippen molar-refractivity contribution in [3.05, 3.63) is 0 Å². The summed E-state index contributed by atoms with van der Waals surface area (Å²) in [6.07, 6.45) is 0.645. The first-order valence-corrected chi connectivity index (χ1v) is 11.5. The number of epoxide rings is 5. The zero-order chi connectivity index (χ0) is 23.3. The lowest BCUT2D eigenvalue weighted by molar-refractivity contribution is -0.0661. The Morgan fingerprint density at radius 1 is 0.576 bits per heavy atom. The Bertz CT molecular complexity index is 458. The molecule has 5 aliphatic heterocycles. The van der Waals surface area contributed by atoms with Crippen molar-refractivity contribution in [3.63, 3.8) is 0 Å². The largest absolute Gasteiger partial charge is 0.394 e. The van der Waals surface area contributed by atoms with E-state index in [-0.39, 0.29) is 37.6 Å². The Kier molecular flexibility index (Phi) is 12.7. The summed E-state index contributed by atoms with van der Waals surface area (Å²) in [7, 11) is 0. The Balaban J connectivity index is 0.000000169. The molecule has 0 aromatic carbocycles. The summed E-state index contributed by atoms with van der Waals surface area (Å²) >= 11 is 0. The maximum atomic E-state index is 8.17. The van der Waals surface area contributed by atoms with Crippen LogP contribution >= 0.6 is 0 Å². The Morgan fingerprint density at radius 3 is 1.21 bits per heavy atom. The van der Waals surface area contributed by atoms with Crippen LogP contribution in [-0.2, 0) is 42.6 Å². The number of ether oxygens (including phenoxy) is 9. The van der Waals surface area contributed by atoms with Crippen molar-refractivity contribution in [1.82, 2.24) is 0 Å². The lowest BCUT2D eigenvalue weighted by Crippen LogP contribution is -2.28. The van der Waals surface area contributed by atoms with Crippen LogP contribution in [0, 0.1) is 0 Å². The van der Waals surface area contributed by atoms with E-state index in [0.717, 1.165) is 46.2 Å². The Morgan fingerprint density at radius 2 is 0.909 bits per heavy atom. The van der Waals surface area contributed by atoms with E-state index in [9.17, 15) is 0 Å². The molecule has 5 rings (SSSR count). The third-order valence-corrected chi connectivity index (χ3v) is 4.77. The molecule has 0 aliphatic carbocycles. The van der Waals surface area contributed by atoms with Gasteiger partial charge in [0, 0.05) is 0 Å². The van der Waals surface area contributed by atoms with Gasteiger partial charge in [-0.05, 0) is 0 Å². The van der Waals surface area contributed by atoms with Gasteiger partial charge in [-0.25, -0.2) is 0 Å². The first kappa shape index (κ1) is 27.1. The van der Waals surface area contributed by atoms with Gasteiger partial charge in [-0.2, -0.15) is 0 Å². The fraction of sp³-hybridized carbons (Fsp3) is 1.00. The fourth-order valence-corrected chi connectivity index (χ4v) is 2.26. The molecule has 0 amide bonds. The van der Waals surface area contributed by atoms with Gasteiger partial charge in [0.05, 0.1) is 92.5 Å². The van der Waals surface area contributed by atoms with Crippen LogP contribution in [0.4, 0.5) is 0 Å². The Labute approximate surface area is 193 Å². The van der Waals surface area contributed by atoms with E-state index in [4.69, 9.17) is 58.0 Å². The van der Waals surface area contributed by atoms with Crippen molar-refractivity contribution in [2.45, 2.75) is 42.7 Å². The molecule has 5 aliphatic rings. The molecule has 33 heavy (non-hydrogen) atoms. The number of hydrogen-bond acceptors (Lipinski definition) is 12. The maximum Gasteiger partial charge on any atom is 0.104 e. The van der Waals surface area contributed by atoms with Crippen molar-refractivity contribution >= 4 is 0 Å².